The molecular formula is C33H42O9. The summed E-state index contributed by atoms with van der Waals surface area (Å²) in [5.74, 6) is -3.74. The van der Waals surface area contributed by atoms with Gasteiger partial charge in [0.1, 0.15) is 17.8 Å². The van der Waals surface area contributed by atoms with Gasteiger partial charge in [-0.15, -0.1) is 0 Å². The smallest absolute Gasteiger partial charge is 0.348 e. The van der Waals surface area contributed by atoms with E-state index in [1.165, 1.54) is 0 Å². The van der Waals surface area contributed by atoms with Crippen molar-refractivity contribution in [2.24, 2.45) is 28.6 Å². The quantitative estimate of drug-likeness (QED) is 0.363. The molecule has 3 N–H and O–H groups in total. The van der Waals surface area contributed by atoms with Gasteiger partial charge in [-0.1, -0.05) is 65.0 Å². The van der Waals surface area contributed by atoms with Gasteiger partial charge in [0.2, 0.25) is 6.10 Å². The Balaban J connectivity index is 1.41. The van der Waals surface area contributed by atoms with Crippen LogP contribution in [0.4, 0.5) is 0 Å². The van der Waals surface area contributed by atoms with Crippen molar-refractivity contribution in [2.45, 2.75) is 102 Å². The molecule has 2 aliphatic heterocycles. The zero-order chi connectivity index (χ0) is 30.6. The van der Waals surface area contributed by atoms with E-state index in [4.69, 9.17) is 14.2 Å². The van der Waals surface area contributed by atoms with E-state index in [-0.39, 0.29) is 25.4 Å². The molecule has 9 heteroatoms. The van der Waals surface area contributed by atoms with Crippen LogP contribution in [-0.2, 0) is 28.6 Å². The molecule has 0 amide bonds. The lowest BCUT2D eigenvalue weighted by Gasteiger charge is -2.68. The molecule has 9 nitrogen and oxygen atoms in total. The van der Waals surface area contributed by atoms with E-state index < -0.39 is 81.9 Å². The molecule has 0 spiro atoms. The second kappa shape index (κ2) is 9.45. The molecule has 228 valence electrons. The Kier molecular flexibility index (Phi) is 6.64. The number of esters is 2. The molecule has 1 aromatic carbocycles. The number of benzene rings is 1. The summed E-state index contributed by atoms with van der Waals surface area (Å²) in [5, 5.41) is 36.5. The molecule has 2 saturated heterocycles. The number of aliphatic hydroxyl groups excluding tert-OH is 1. The third-order valence-corrected chi connectivity index (χ3v) is 12.0. The summed E-state index contributed by atoms with van der Waals surface area (Å²) >= 11 is 0. The average Bonchev–Trinajstić information content (AvgIpc) is 3.34. The number of ether oxygens (including phenoxy) is 3. The van der Waals surface area contributed by atoms with Gasteiger partial charge < -0.3 is 29.5 Å². The Morgan fingerprint density at radius 3 is 2.36 bits per heavy atom. The molecule has 3 aliphatic carbocycles. The Morgan fingerprint density at radius 1 is 1.07 bits per heavy atom. The third-order valence-electron chi connectivity index (χ3n) is 12.0. The van der Waals surface area contributed by atoms with Crippen LogP contribution in [0.3, 0.4) is 0 Å². The summed E-state index contributed by atoms with van der Waals surface area (Å²) in [7, 11) is 0. The van der Waals surface area contributed by atoms with Crippen molar-refractivity contribution in [3.8, 4) is 0 Å². The summed E-state index contributed by atoms with van der Waals surface area (Å²) in [5.41, 5.74) is -3.55. The monoisotopic (exact) mass is 582 g/mol. The number of carbonyl (C=O) groups is 3. The van der Waals surface area contributed by atoms with Crippen LogP contribution in [0.1, 0.15) is 72.3 Å². The van der Waals surface area contributed by atoms with E-state index in [1.54, 1.807) is 27.7 Å². The maximum atomic E-state index is 14.4. The van der Waals surface area contributed by atoms with Gasteiger partial charge in [0.25, 0.3) is 0 Å². The van der Waals surface area contributed by atoms with Crippen molar-refractivity contribution in [1.82, 2.24) is 0 Å². The van der Waals surface area contributed by atoms with Crippen LogP contribution in [0.5, 0.6) is 0 Å². The van der Waals surface area contributed by atoms with E-state index in [0.29, 0.717) is 17.6 Å². The Labute approximate surface area is 246 Å². The van der Waals surface area contributed by atoms with Crippen LogP contribution in [0.25, 0.3) is 0 Å². The normalized spacial score (nSPS) is 46.0. The topological polar surface area (TPSA) is 140 Å². The van der Waals surface area contributed by atoms with E-state index in [1.807, 2.05) is 44.2 Å². The van der Waals surface area contributed by atoms with Crippen LogP contribution in [0, 0.1) is 28.6 Å². The van der Waals surface area contributed by atoms with E-state index >= 15 is 0 Å². The van der Waals surface area contributed by atoms with Crippen molar-refractivity contribution in [3.63, 3.8) is 0 Å². The molecule has 0 radical (unpaired) electrons. The minimum atomic E-state index is -1.58. The zero-order valence-electron chi connectivity index (χ0n) is 25.1. The number of aliphatic hydroxyl groups is 3. The van der Waals surface area contributed by atoms with Crippen molar-refractivity contribution in [2.75, 3.05) is 6.61 Å². The maximum absolute atomic E-state index is 14.4. The van der Waals surface area contributed by atoms with Crippen LogP contribution in [0.2, 0.25) is 0 Å². The first kappa shape index (κ1) is 29.5. The van der Waals surface area contributed by atoms with E-state index in [2.05, 4.69) is 0 Å². The fraction of sp³-hybridized carbons (Fsp3) is 0.667. The minimum absolute atomic E-state index is 0.0115. The van der Waals surface area contributed by atoms with Gasteiger partial charge in [0.15, 0.2) is 5.78 Å². The SMILES string of the molecule is CC1=C2C(O)C(=O)C3(C)C(C)CC4OCC4(O)C3C(C)C(O)(CC1OC(=O)[C@@H]1OC(=O)CC1c1ccccc1)C2(C)C. The summed E-state index contributed by atoms with van der Waals surface area (Å²) < 4.78 is 17.2. The fourth-order valence-electron chi connectivity index (χ4n) is 9.38. The highest BCUT2D eigenvalue weighted by atomic mass is 16.6. The molecule has 2 heterocycles. The first-order valence-corrected chi connectivity index (χ1v) is 15.0. The molecule has 42 heavy (non-hydrogen) atoms. The Hall–Kier alpha value is -2.59. The number of hydrogen-bond acceptors (Lipinski definition) is 9. The lowest BCUT2D eigenvalue weighted by molar-refractivity contribution is -0.329. The highest BCUT2D eigenvalue weighted by Gasteiger charge is 2.73. The molecule has 0 aromatic heterocycles. The molecular weight excluding hydrogens is 540 g/mol. The molecule has 4 fully saturated rings. The molecule has 11 atom stereocenters. The number of hydrogen-bond donors (Lipinski definition) is 3. The largest absolute Gasteiger partial charge is 0.455 e. The van der Waals surface area contributed by atoms with Crippen LogP contribution < -0.4 is 0 Å². The minimum Gasteiger partial charge on any atom is -0.455 e. The van der Waals surface area contributed by atoms with Crippen molar-refractivity contribution >= 4 is 17.7 Å². The summed E-state index contributed by atoms with van der Waals surface area (Å²) in [4.78, 5) is 40.3. The van der Waals surface area contributed by atoms with Crippen LogP contribution in [0.15, 0.2) is 41.5 Å². The van der Waals surface area contributed by atoms with Crippen molar-refractivity contribution < 1.29 is 43.9 Å². The number of fused-ring (bicyclic) bond motifs is 5. The van der Waals surface area contributed by atoms with Gasteiger partial charge in [0, 0.05) is 29.1 Å². The van der Waals surface area contributed by atoms with Gasteiger partial charge in [-0.05, 0) is 41.9 Å². The van der Waals surface area contributed by atoms with Gasteiger partial charge >= 0.3 is 11.9 Å². The Morgan fingerprint density at radius 2 is 1.74 bits per heavy atom. The highest BCUT2D eigenvalue weighted by molar-refractivity contribution is 5.93. The number of ketones is 1. The number of Topliss-reactive ketones (excluding diaryl/α,β-unsaturated/α-hetero) is 1. The van der Waals surface area contributed by atoms with Crippen molar-refractivity contribution in [3.05, 3.63) is 47.0 Å². The van der Waals surface area contributed by atoms with Crippen LogP contribution >= 0.6 is 0 Å². The number of rotatable bonds is 3. The average molecular weight is 583 g/mol. The molecule has 6 rings (SSSR count). The zero-order valence-corrected chi connectivity index (χ0v) is 25.1. The second-order valence-corrected chi connectivity index (χ2v) is 14.2. The predicted octanol–water partition coefficient (Wildman–Crippen LogP) is 2.85. The Bertz CT molecular complexity index is 1350. The second-order valence-electron chi connectivity index (χ2n) is 14.2. The number of cyclic esters (lactones) is 1. The number of carbonyl (C=O) groups excluding carboxylic acids is 3. The summed E-state index contributed by atoms with van der Waals surface area (Å²) in [6.07, 6.45) is -3.69. The van der Waals surface area contributed by atoms with Crippen LogP contribution in [-0.4, -0.2) is 75.3 Å². The third kappa shape index (κ3) is 3.72. The first-order valence-electron chi connectivity index (χ1n) is 15.0. The predicted molar refractivity (Wildman–Crippen MR) is 150 cm³/mol. The van der Waals surface area contributed by atoms with Gasteiger partial charge in [-0.2, -0.15) is 0 Å². The van der Waals surface area contributed by atoms with Gasteiger partial charge in [0.05, 0.1) is 24.7 Å². The lowest BCUT2D eigenvalue weighted by Crippen LogP contribution is -2.77. The van der Waals surface area contributed by atoms with E-state index in [0.717, 1.165) is 5.56 Å². The molecule has 2 saturated carbocycles. The standard InChI is InChI=1S/C33H42O9/c1-16-12-22-32(38,15-40-22)27-18(3)33(39)14-21(17(2)24(30(33,4)5)25(35)28(36)31(16,27)6)41-29(37)26-20(13-23(34)42-26)19-10-8-7-9-11-19/h7-11,16,18,20-22,25-27,35,38-39H,12-15H2,1-6H3/t16?,18?,20?,21?,22?,25?,26-,27?,31?,32?,33?/m1/s1. The van der Waals surface area contributed by atoms with Crippen molar-refractivity contribution in [1.29, 1.82) is 0 Å². The maximum Gasteiger partial charge on any atom is 0.348 e. The fourth-order valence-corrected chi connectivity index (χ4v) is 9.38. The van der Waals surface area contributed by atoms with Gasteiger partial charge in [-0.3, -0.25) is 9.59 Å². The highest BCUT2D eigenvalue weighted by Crippen LogP contribution is 2.65. The first-order chi connectivity index (χ1) is 19.6. The van der Waals surface area contributed by atoms with E-state index in [9.17, 15) is 29.7 Å². The molecule has 10 unspecified atom stereocenters. The molecule has 1 aromatic rings. The summed E-state index contributed by atoms with van der Waals surface area (Å²) in [6.45, 7) is 11.0. The molecule has 2 bridgehead atoms. The summed E-state index contributed by atoms with van der Waals surface area (Å²) in [6, 6.07) is 9.16. The van der Waals surface area contributed by atoms with Gasteiger partial charge in [-0.25, -0.2) is 4.79 Å². The molecule has 5 aliphatic rings. The lowest BCUT2D eigenvalue weighted by atomic mass is 9.41.